The fourth-order valence-electron chi connectivity index (χ4n) is 2.36. The normalized spacial score (nSPS) is 13.7. The summed E-state index contributed by atoms with van der Waals surface area (Å²) in [6.07, 6.45) is -7.43. The minimum absolute atomic E-state index is 0. The molecule has 2 unspecified atom stereocenters. The van der Waals surface area contributed by atoms with E-state index in [0.29, 0.717) is 0 Å². The van der Waals surface area contributed by atoms with Crippen molar-refractivity contribution in [3.8, 4) is 0 Å². The van der Waals surface area contributed by atoms with Crippen LogP contribution in [0.1, 0.15) is 38.5 Å². The zero-order valence-corrected chi connectivity index (χ0v) is 27.2. The van der Waals surface area contributed by atoms with Crippen molar-refractivity contribution in [2.45, 2.75) is 48.8 Å². The van der Waals surface area contributed by atoms with E-state index in [2.05, 4.69) is 0 Å². The van der Waals surface area contributed by atoms with Gasteiger partial charge in [0.2, 0.25) is 0 Å². The number of rotatable bonds is 14. The van der Waals surface area contributed by atoms with Crippen LogP contribution in [0.15, 0.2) is 0 Å². The summed E-state index contributed by atoms with van der Waals surface area (Å²) in [5.74, 6) is -12.3. The molecule has 0 saturated carbocycles. The second-order valence-electron chi connectivity index (χ2n) is 6.57. The molecule has 23 heteroatoms. The molecule has 0 aromatic heterocycles. The fourth-order valence-corrected chi connectivity index (χ4v) is 4.31. The van der Waals surface area contributed by atoms with Crippen LogP contribution in [0.25, 0.3) is 0 Å². The summed E-state index contributed by atoms with van der Waals surface area (Å²) >= 11 is 0. The second kappa shape index (κ2) is 19.9. The van der Waals surface area contributed by atoms with Gasteiger partial charge in [-0.3, -0.25) is 9.13 Å². The molecular formula is C14H16Ca3O18P2. The van der Waals surface area contributed by atoms with Gasteiger partial charge in [0.25, 0.3) is 0 Å². The van der Waals surface area contributed by atoms with Crippen LogP contribution in [0, 0.1) is 0 Å². The Hall–Kier alpha value is 0.899. The maximum absolute atomic E-state index is 11.0. The van der Waals surface area contributed by atoms with Gasteiger partial charge >= 0.3 is 128 Å². The summed E-state index contributed by atoms with van der Waals surface area (Å²) in [5, 5.41) is 56.1. The van der Waals surface area contributed by atoms with Crippen LogP contribution in [-0.2, 0) is 37.9 Å². The molecule has 0 spiro atoms. The summed E-state index contributed by atoms with van der Waals surface area (Å²) < 4.78 is 22.0. The quantitative estimate of drug-likeness (QED) is 0.0997. The Kier molecular flexibility index (Phi) is 25.6. The number of aliphatic carboxylic acids is 6. The van der Waals surface area contributed by atoms with Gasteiger partial charge in [0.15, 0.2) is 0 Å². The summed E-state index contributed by atoms with van der Waals surface area (Å²) in [6.45, 7) is 0. The maximum Gasteiger partial charge on any atom is 2.00 e. The number of carboxylic acids is 6. The molecule has 37 heavy (non-hydrogen) atoms. The summed E-state index contributed by atoms with van der Waals surface area (Å²) in [6, 6.07) is 0. The van der Waals surface area contributed by atoms with Gasteiger partial charge in [0.1, 0.15) is 10.3 Å². The minimum Gasteiger partial charge on any atom is -0.550 e. The number of hydrogen-bond acceptors (Lipinski definition) is 14. The maximum atomic E-state index is 11.0. The first-order chi connectivity index (χ1) is 15.1. The van der Waals surface area contributed by atoms with Crippen molar-refractivity contribution in [1.29, 1.82) is 0 Å². The van der Waals surface area contributed by atoms with Crippen molar-refractivity contribution in [3.05, 3.63) is 0 Å². The summed E-state index contributed by atoms with van der Waals surface area (Å²) in [7, 11) is -10.9. The van der Waals surface area contributed by atoms with Crippen molar-refractivity contribution in [2.24, 2.45) is 0 Å². The van der Waals surface area contributed by atoms with Crippen LogP contribution >= 0.6 is 15.2 Å². The first-order valence-corrected chi connectivity index (χ1v) is 11.6. The number of carbonyl (C=O) groups excluding carboxylic acids is 6. The fraction of sp³-hybridized carbons (Fsp3) is 0.571. The van der Waals surface area contributed by atoms with E-state index in [4.69, 9.17) is 19.6 Å². The van der Waals surface area contributed by atoms with Crippen molar-refractivity contribution in [3.63, 3.8) is 0 Å². The molecule has 196 valence electrons. The summed E-state index contributed by atoms with van der Waals surface area (Å²) in [5.41, 5.74) is 0. The molecule has 0 aromatic carbocycles. The molecule has 2 atom stereocenters. The molecule has 0 rings (SSSR count). The predicted octanol–water partition coefficient (Wildman–Crippen LogP) is -10.5. The smallest absolute Gasteiger partial charge is 0.550 e. The SMILES string of the molecule is O=C([O-])CCC(CC(=O)[O-])(C(=O)[O-])P(=O)(O)O.O=C([O-])CCC(CC(=O)[O-])(C(=O)[O-])P(=O)(O)O.[Ca+2].[Ca+2].[Ca+2]. The Morgan fingerprint density at radius 3 is 0.838 bits per heavy atom. The molecule has 0 amide bonds. The molecule has 0 heterocycles. The average molecular weight is 654 g/mol. The molecule has 0 bridgehead atoms. The third kappa shape index (κ3) is 16.1. The van der Waals surface area contributed by atoms with E-state index in [9.17, 15) is 68.5 Å². The van der Waals surface area contributed by atoms with Crippen LogP contribution in [0.5, 0.6) is 0 Å². The van der Waals surface area contributed by atoms with Gasteiger partial charge < -0.3 is 79.0 Å². The van der Waals surface area contributed by atoms with Crippen molar-refractivity contribution < 1.29 is 88.1 Å². The molecule has 4 N–H and O–H groups in total. The van der Waals surface area contributed by atoms with E-state index in [1.165, 1.54) is 0 Å². The van der Waals surface area contributed by atoms with Crippen LogP contribution in [-0.4, -0.2) is 179 Å². The van der Waals surface area contributed by atoms with E-state index in [1.807, 2.05) is 0 Å². The van der Waals surface area contributed by atoms with Crippen LogP contribution in [0.3, 0.4) is 0 Å². The topological polar surface area (TPSA) is 356 Å². The molecule has 0 aliphatic carbocycles. The third-order valence-corrected chi connectivity index (χ3v) is 7.59. The van der Waals surface area contributed by atoms with Crippen LogP contribution in [0.4, 0.5) is 0 Å². The van der Waals surface area contributed by atoms with Crippen molar-refractivity contribution in [1.82, 2.24) is 0 Å². The molecule has 18 nitrogen and oxygen atoms in total. The zero-order valence-electron chi connectivity index (χ0n) is 18.8. The van der Waals surface area contributed by atoms with E-state index >= 15 is 0 Å². The van der Waals surface area contributed by atoms with Gasteiger partial charge in [-0.2, -0.15) is 0 Å². The molecular weight excluding hydrogens is 638 g/mol. The first-order valence-electron chi connectivity index (χ1n) is 8.39. The van der Waals surface area contributed by atoms with Gasteiger partial charge in [-0.25, -0.2) is 0 Å². The predicted molar refractivity (Wildman–Crippen MR) is 105 cm³/mol. The Balaban J connectivity index is -0.000000171. The summed E-state index contributed by atoms with van der Waals surface area (Å²) in [4.78, 5) is 97.7. The molecule has 0 aliphatic rings. The molecule has 0 fully saturated rings. The van der Waals surface area contributed by atoms with Gasteiger partial charge in [-0.05, 0) is 25.7 Å². The Labute approximate surface area is 297 Å². The molecule has 0 saturated heterocycles. The Bertz CT molecular complexity index is 855. The molecule has 0 aliphatic heterocycles. The van der Waals surface area contributed by atoms with E-state index < -0.39 is 99.8 Å². The van der Waals surface area contributed by atoms with Gasteiger partial charge in [0.05, 0.1) is 11.9 Å². The average Bonchev–Trinajstić information content (AvgIpc) is 2.59. The van der Waals surface area contributed by atoms with Gasteiger partial charge in [-0.1, -0.05) is 0 Å². The van der Waals surface area contributed by atoms with E-state index in [1.54, 1.807) is 0 Å². The standard InChI is InChI=1S/2C7H11O9P.3Ca/c2*8-4(9)1-2-7(6(12)13,3-5(10)11)17(14,15)16;;;/h2*1-3H2,(H,8,9)(H,10,11)(H,12,13)(H2,14,15,16);;;/q;;3*+2/p-6. The van der Waals surface area contributed by atoms with Crippen LogP contribution in [0.2, 0.25) is 0 Å². The minimum atomic E-state index is -5.45. The van der Waals surface area contributed by atoms with E-state index in [0.717, 1.165) is 0 Å². The number of carboxylic acid groups (broad SMARTS) is 6. The number of carbonyl (C=O) groups is 6. The van der Waals surface area contributed by atoms with E-state index in [-0.39, 0.29) is 113 Å². The van der Waals surface area contributed by atoms with Crippen molar-refractivity contribution >= 4 is 164 Å². The Morgan fingerprint density at radius 1 is 0.514 bits per heavy atom. The second-order valence-corrected chi connectivity index (χ2v) is 10.5. The largest absolute Gasteiger partial charge is 2.00 e. The van der Waals surface area contributed by atoms with Crippen molar-refractivity contribution in [2.75, 3.05) is 0 Å². The first kappa shape index (κ1) is 47.7. The number of hydrogen-bond donors (Lipinski definition) is 4. The van der Waals surface area contributed by atoms with Crippen LogP contribution < -0.4 is 30.6 Å². The molecule has 0 aromatic rings. The zero-order chi connectivity index (χ0) is 27.7. The Morgan fingerprint density at radius 2 is 0.730 bits per heavy atom. The van der Waals surface area contributed by atoms with Gasteiger partial charge in [0, 0.05) is 36.7 Å². The third-order valence-electron chi connectivity index (χ3n) is 4.23. The van der Waals surface area contributed by atoms with Gasteiger partial charge in [-0.15, -0.1) is 0 Å². The molecule has 0 radical (unpaired) electrons. The monoisotopic (exact) mass is 654 g/mol.